The molecule has 0 atom stereocenters. The van der Waals surface area contributed by atoms with E-state index in [-0.39, 0.29) is 12.4 Å². The Balaban J connectivity index is 0.000000810. The summed E-state index contributed by atoms with van der Waals surface area (Å²) in [6.45, 7) is -0.488. The van der Waals surface area contributed by atoms with Gasteiger partial charge in [-0.15, -0.1) is 12.4 Å². The zero-order chi connectivity index (χ0) is 6.91. The van der Waals surface area contributed by atoms with Gasteiger partial charge in [0.05, 0.1) is 6.54 Å². The van der Waals surface area contributed by atoms with E-state index < -0.39 is 18.4 Å². The van der Waals surface area contributed by atoms with Crippen LogP contribution in [-0.4, -0.2) is 12.5 Å². The van der Waals surface area contributed by atoms with Crippen LogP contribution in [0.3, 0.4) is 0 Å². The van der Waals surface area contributed by atoms with Crippen LogP contribution in [0.1, 0.15) is 19.3 Å². The highest BCUT2D eigenvalue weighted by atomic mass is 35.5. The van der Waals surface area contributed by atoms with Crippen molar-refractivity contribution in [3.63, 3.8) is 0 Å². The standard InChI is InChI=1S/C6H11F2N.ClH/c7-6(8,4-9)5-2-1-3-5;/h5H,1-4,9H2;1H. The van der Waals surface area contributed by atoms with Gasteiger partial charge in [0.25, 0.3) is 5.92 Å². The molecular weight excluding hydrogens is 160 g/mol. The number of nitrogens with two attached hydrogens (primary N) is 1. The Labute approximate surface area is 65.4 Å². The van der Waals surface area contributed by atoms with Gasteiger partial charge in [0.2, 0.25) is 0 Å². The second-order valence-corrected chi connectivity index (χ2v) is 2.59. The molecule has 0 radical (unpaired) electrons. The zero-order valence-electron chi connectivity index (χ0n) is 5.65. The fraction of sp³-hybridized carbons (Fsp3) is 1.00. The molecule has 1 aliphatic rings. The molecule has 62 valence electrons. The van der Waals surface area contributed by atoms with E-state index in [9.17, 15) is 8.78 Å². The zero-order valence-corrected chi connectivity index (χ0v) is 6.46. The van der Waals surface area contributed by atoms with Crippen LogP contribution in [0.2, 0.25) is 0 Å². The summed E-state index contributed by atoms with van der Waals surface area (Å²) >= 11 is 0. The Hall–Kier alpha value is 0.110. The largest absolute Gasteiger partial charge is 0.325 e. The van der Waals surface area contributed by atoms with Crippen LogP contribution in [0, 0.1) is 5.92 Å². The molecule has 0 aromatic rings. The average Bonchev–Trinajstić information content (AvgIpc) is 1.60. The van der Waals surface area contributed by atoms with E-state index in [2.05, 4.69) is 0 Å². The van der Waals surface area contributed by atoms with Gasteiger partial charge in [-0.3, -0.25) is 0 Å². The third kappa shape index (κ3) is 1.80. The van der Waals surface area contributed by atoms with E-state index in [1.165, 1.54) is 0 Å². The molecule has 0 unspecified atom stereocenters. The van der Waals surface area contributed by atoms with Crippen molar-refractivity contribution in [1.29, 1.82) is 0 Å². The summed E-state index contributed by atoms with van der Waals surface area (Å²) < 4.78 is 24.9. The van der Waals surface area contributed by atoms with Gasteiger partial charge in [-0.2, -0.15) is 0 Å². The van der Waals surface area contributed by atoms with Gasteiger partial charge >= 0.3 is 0 Å². The quantitative estimate of drug-likeness (QED) is 0.674. The van der Waals surface area contributed by atoms with E-state index in [4.69, 9.17) is 5.73 Å². The summed E-state index contributed by atoms with van der Waals surface area (Å²) in [7, 11) is 0. The minimum absolute atomic E-state index is 0. The van der Waals surface area contributed by atoms with Crippen LogP contribution in [0.4, 0.5) is 8.78 Å². The maximum atomic E-state index is 12.5. The van der Waals surface area contributed by atoms with Crippen molar-refractivity contribution in [2.24, 2.45) is 11.7 Å². The fourth-order valence-corrected chi connectivity index (χ4v) is 0.997. The average molecular weight is 172 g/mol. The highest BCUT2D eigenvalue weighted by molar-refractivity contribution is 5.85. The van der Waals surface area contributed by atoms with Gasteiger partial charge < -0.3 is 5.73 Å². The normalized spacial score (nSPS) is 19.5. The number of halogens is 3. The van der Waals surface area contributed by atoms with E-state index >= 15 is 0 Å². The molecule has 0 bridgehead atoms. The Morgan fingerprint density at radius 1 is 1.40 bits per heavy atom. The first kappa shape index (κ1) is 10.1. The molecule has 0 aromatic carbocycles. The topological polar surface area (TPSA) is 26.0 Å². The lowest BCUT2D eigenvalue weighted by atomic mass is 9.80. The van der Waals surface area contributed by atoms with Crippen LogP contribution in [0.25, 0.3) is 0 Å². The van der Waals surface area contributed by atoms with Crippen LogP contribution < -0.4 is 5.73 Å². The van der Waals surface area contributed by atoms with Crippen LogP contribution in [0.15, 0.2) is 0 Å². The Kier molecular flexibility index (Phi) is 3.52. The highest BCUT2D eigenvalue weighted by Crippen LogP contribution is 2.38. The van der Waals surface area contributed by atoms with E-state index in [0.29, 0.717) is 12.8 Å². The molecule has 0 aromatic heterocycles. The summed E-state index contributed by atoms with van der Waals surface area (Å²) in [5.41, 5.74) is 4.87. The maximum Gasteiger partial charge on any atom is 0.262 e. The van der Waals surface area contributed by atoms with Gasteiger partial charge in [0.15, 0.2) is 0 Å². The van der Waals surface area contributed by atoms with Gasteiger partial charge in [-0.05, 0) is 12.8 Å². The van der Waals surface area contributed by atoms with Crippen molar-refractivity contribution in [3.05, 3.63) is 0 Å². The van der Waals surface area contributed by atoms with E-state index in [0.717, 1.165) is 6.42 Å². The maximum absolute atomic E-state index is 12.5. The number of hydrogen-bond donors (Lipinski definition) is 1. The molecule has 1 saturated carbocycles. The van der Waals surface area contributed by atoms with E-state index in [1.807, 2.05) is 0 Å². The highest BCUT2D eigenvalue weighted by Gasteiger charge is 2.41. The Bertz CT molecular complexity index is 104. The second-order valence-electron chi connectivity index (χ2n) is 2.59. The minimum Gasteiger partial charge on any atom is -0.325 e. The molecule has 4 heteroatoms. The lowest BCUT2D eigenvalue weighted by Crippen LogP contribution is -2.39. The van der Waals surface area contributed by atoms with Crippen LogP contribution in [0.5, 0.6) is 0 Å². The number of hydrogen-bond acceptors (Lipinski definition) is 1. The van der Waals surface area contributed by atoms with Gasteiger partial charge in [-0.1, -0.05) is 6.42 Å². The second kappa shape index (κ2) is 3.49. The smallest absolute Gasteiger partial charge is 0.262 e. The Morgan fingerprint density at radius 3 is 2.00 bits per heavy atom. The molecule has 1 aliphatic carbocycles. The molecule has 1 fully saturated rings. The Morgan fingerprint density at radius 2 is 1.90 bits per heavy atom. The van der Waals surface area contributed by atoms with Gasteiger partial charge in [0, 0.05) is 5.92 Å². The van der Waals surface area contributed by atoms with Crippen molar-refractivity contribution >= 4 is 12.4 Å². The van der Waals surface area contributed by atoms with Gasteiger partial charge in [-0.25, -0.2) is 8.78 Å². The summed E-state index contributed by atoms with van der Waals surface area (Å²) in [4.78, 5) is 0. The van der Waals surface area contributed by atoms with Crippen molar-refractivity contribution < 1.29 is 8.78 Å². The first-order chi connectivity index (χ1) is 4.17. The fourth-order valence-electron chi connectivity index (χ4n) is 0.997. The van der Waals surface area contributed by atoms with Crippen molar-refractivity contribution in [1.82, 2.24) is 0 Å². The summed E-state index contributed by atoms with van der Waals surface area (Å²) in [6, 6.07) is 0. The van der Waals surface area contributed by atoms with Crippen LogP contribution in [-0.2, 0) is 0 Å². The lowest BCUT2D eigenvalue weighted by Gasteiger charge is -2.32. The molecule has 1 rings (SSSR count). The van der Waals surface area contributed by atoms with Crippen molar-refractivity contribution in [2.75, 3.05) is 6.54 Å². The monoisotopic (exact) mass is 171 g/mol. The SMILES string of the molecule is Cl.NCC(F)(F)C1CCC1. The summed E-state index contributed by atoms with van der Waals surface area (Å²) in [5, 5.41) is 0. The third-order valence-electron chi connectivity index (χ3n) is 1.97. The van der Waals surface area contributed by atoms with Crippen LogP contribution >= 0.6 is 12.4 Å². The lowest BCUT2D eigenvalue weighted by molar-refractivity contribution is -0.0782. The van der Waals surface area contributed by atoms with Crippen molar-refractivity contribution in [3.8, 4) is 0 Å². The first-order valence-corrected chi connectivity index (χ1v) is 3.24. The molecular formula is C6H12ClF2N. The molecule has 0 aliphatic heterocycles. The molecule has 0 spiro atoms. The number of alkyl halides is 2. The van der Waals surface area contributed by atoms with Crippen molar-refractivity contribution in [2.45, 2.75) is 25.2 Å². The predicted octanol–water partition coefficient (Wildman–Crippen LogP) is 1.80. The summed E-state index contributed by atoms with van der Waals surface area (Å²) in [6.07, 6.45) is 2.26. The van der Waals surface area contributed by atoms with E-state index in [1.54, 1.807) is 0 Å². The molecule has 0 amide bonds. The molecule has 0 saturated heterocycles. The van der Waals surface area contributed by atoms with Gasteiger partial charge in [0.1, 0.15) is 0 Å². The third-order valence-corrected chi connectivity index (χ3v) is 1.97. The number of rotatable bonds is 2. The molecule has 2 N–H and O–H groups in total. The molecule has 0 heterocycles. The summed E-state index contributed by atoms with van der Waals surface area (Å²) in [5.74, 6) is -3.00. The first-order valence-electron chi connectivity index (χ1n) is 3.24. The minimum atomic E-state index is -2.59. The predicted molar refractivity (Wildman–Crippen MR) is 38.6 cm³/mol. The molecule has 10 heavy (non-hydrogen) atoms. The molecule has 1 nitrogen and oxygen atoms in total.